The molecule has 0 radical (unpaired) electrons. The van der Waals surface area contributed by atoms with Crippen molar-refractivity contribution in [3.05, 3.63) is 34.6 Å². The molecule has 0 unspecified atom stereocenters. The molecule has 5 nitrogen and oxygen atoms in total. The second-order valence-corrected chi connectivity index (χ2v) is 4.25. The van der Waals surface area contributed by atoms with E-state index in [9.17, 15) is 9.18 Å². The Balaban J connectivity index is 2.39. The van der Waals surface area contributed by atoms with Crippen molar-refractivity contribution in [2.45, 2.75) is 6.92 Å². The summed E-state index contributed by atoms with van der Waals surface area (Å²) in [7, 11) is 0. The van der Waals surface area contributed by atoms with Gasteiger partial charge in [-0.25, -0.2) is 9.18 Å². The van der Waals surface area contributed by atoms with E-state index in [1.807, 2.05) is 0 Å². The number of carboxylic acids is 1. The Morgan fingerprint density at radius 1 is 1.47 bits per heavy atom. The van der Waals surface area contributed by atoms with E-state index >= 15 is 0 Å². The fourth-order valence-corrected chi connectivity index (χ4v) is 1.76. The van der Waals surface area contributed by atoms with Crippen LogP contribution in [0.25, 0.3) is 0 Å². The lowest BCUT2D eigenvalue weighted by atomic mass is 10.2. The van der Waals surface area contributed by atoms with Crippen LogP contribution in [0, 0.1) is 12.7 Å². The average Bonchev–Trinajstić information content (AvgIpc) is 2.63. The highest BCUT2D eigenvalue weighted by Gasteiger charge is 2.18. The molecule has 0 aliphatic heterocycles. The SMILES string of the molecule is Cc1nnc(Oc2cccc(F)c2C(=O)O)s1. The van der Waals surface area contributed by atoms with Crippen LogP contribution in [0.3, 0.4) is 0 Å². The highest BCUT2D eigenvalue weighted by Crippen LogP contribution is 2.28. The van der Waals surface area contributed by atoms with Gasteiger partial charge in [-0.1, -0.05) is 22.5 Å². The molecule has 2 rings (SSSR count). The van der Waals surface area contributed by atoms with Gasteiger partial charge < -0.3 is 9.84 Å². The molecule has 0 amide bonds. The molecule has 0 fully saturated rings. The summed E-state index contributed by atoms with van der Waals surface area (Å²) in [5.41, 5.74) is -0.514. The number of nitrogens with zero attached hydrogens (tertiary/aromatic N) is 2. The lowest BCUT2D eigenvalue weighted by molar-refractivity contribution is 0.0689. The molecule has 0 aliphatic carbocycles. The van der Waals surface area contributed by atoms with Crippen molar-refractivity contribution in [2.75, 3.05) is 0 Å². The smallest absolute Gasteiger partial charge is 0.342 e. The topological polar surface area (TPSA) is 72.3 Å². The Morgan fingerprint density at radius 2 is 2.24 bits per heavy atom. The van der Waals surface area contributed by atoms with Gasteiger partial charge in [0.05, 0.1) is 0 Å². The van der Waals surface area contributed by atoms with Gasteiger partial charge >= 0.3 is 5.97 Å². The van der Waals surface area contributed by atoms with Gasteiger partial charge in [-0.05, 0) is 19.1 Å². The molecular formula is C10H7FN2O3S. The first-order chi connectivity index (χ1) is 8.08. The van der Waals surface area contributed by atoms with Crippen LogP contribution in [0.1, 0.15) is 15.4 Å². The minimum Gasteiger partial charge on any atom is -0.477 e. The number of carbonyl (C=O) groups is 1. The highest BCUT2D eigenvalue weighted by molar-refractivity contribution is 7.13. The van der Waals surface area contributed by atoms with E-state index in [-0.39, 0.29) is 10.9 Å². The lowest BCUT2D eigenvalue weighted by Gasteiger charge is -2.05. The summed E-state index contributed by atoms with van der Waals surface area (Å²) in [6.45, 7) is 1.73. The third-order valence-corrected chi connectivity index (χ3v) is 2.61. The number of hydrogen-bond acceptors (Lipinski definition) is 5. The number of hydrogen-bond donors (Lipinski definition) is 1. The molecule has 17 heavy (non-hydrogen) atoms. The van der Waals surface area contributed by atoms with Crippen molar-refractivity contribution < 1.29 is 19.0 Å². The number of aromatic carboxylic acids is 1. The average molecular weight is 254 g/mol. The molecule has 88 valence electrons. The largest absolute Gasteiger partial charge is 0.477 e. The van der Waals surface area contributed by atoms with E-state index in [2.05, 4.69) is 10.2 Å². The summed E-state index contributed by atoms with van der Waals surface area (Å²) in [5.74, 6) is -2.33. The van der Waals surface area contributed by atoms with Gasteiger partial charge in [0.1, 0.15) is 22.1 Å². The second kappa shape index (κ2) is 4.46. The van der Waals surface area contributed by atoms with Crippen LogP contribution in [-0.4, -0.2) is 21.3 Å². The fourth-order valence-electron chi connectivity index (χ4n) is 1.21. The van der Waals surface area contributed by atoms with Crippen molar-refractivity contribution in [1.29, 1.82) is 0 Å². The third-order valence-electron chi connectivity index (χ3n) is 1.89. The Kier molecular flexibility index (Phi) is 3.01. The van der Waals surface area contributed by atoms with Crippen molar-refractivity contribution in [1.82, 2.24) is 10.2 Å². The van der Waals surface area contributed by atoms with Crippen molar-refractivity contribution >= 4 is 17.3 Å². The molecule has 0 aliphatic rings. The van der Waals surface area contributed by atoms with Crippen LogP contribution in [0.5, 0.6) is 10.9 Å². The molecular weight excluding hydrogens is 247 g/mol. The molecule has 1 N–H and O–H groups in total. The monoisotopic (exact) mass is 254 g/mol. The number of ether oxygens (including phenoxy) is 1. The normalized spacial score (nSPS) is 10.2. The maximum atomic E-state index is 13.3. The molecule has 0 bridgehead atoms. The summed E-state index contributed by atoms with van der Waals surface area (Å²) in [4.78, 5) is 10.9. The second-order valence-electron chi connectivity index (χ2n) is 3.11. The predicted molar refractivity (Wildman–Crippen MR) is 58.1 cm³/mol. The Morgan fingerprint density at radius 3 is 2.82 bits per heavy atom. The van der Waals surface area contributed by atoms with Crippen LogP contribution >= 0.6 is 11.3 Å². The minimum absolute atomic E-state index is 0.0892. The van der Waals surface area contributed by atoms with E-state index in [1.54, 1.807) is 6.92 Å². The zero-order valence-electron chi connectivity index (χ0n) is 8.68. The maximum absolute atomic E-state index is 13.3. The van der Waals surface area contributed by atoms with Crippen molar-refractivity contribution in [2.24, 2.45) is 0 Å². The minimum atomic E-state index is -1.39. The van der Waals surface area contributed by atoms with E-state index in [0.29, 0.717) is 5.01 Å². The van der Waals surface area contributed by atoms with Crippen LogP contribution in [-0.2, 0) is 0 Å². The number of aryl methyl sites for hydroxylation is 1. The summed E-state index contributed by atoms with van der Waals surface area (Å²) >= 11 is 1.15. The van der Waals surface area contributed by atoms with E-state index < -0.39 is 17.3 Å². The summed E-state index contributed by atoms with van der Waals surface area (Å²) < 4.78 is 18.5. The van der Waals surface area contributed by atoms with Crippen LogP contribution in [0.4, 0.5) is 4.39 Å². The van der Waals surface area contributed by atoms with Gasteiger partial charge in [-0.2, -0.15) is 0 Å². The number of halogens is 1. The van der Waals surface area contributed by atoms with Gasteiger partial charge in [0, 0.05) is 0 Å². The van der Waals surface area contributed by atoms with Crippen LogP contribution in [0.15, 0.2) is 18.2 Å². The fraction of sp³-hybridized carbons (Fsp3) is 0.100. The first-order valence-electron chi connectivity index (χ1n) is 4.57. The zero-order chi connectivity index (χ0) is 12.4. The number of benzene rings is 1. The standard InChI is InChI=1S/C10H7FN2O3S/c1-5-12-13-10(17-5)16-7-4-2-3-6(11)8(7)9(14)15/h2-4H,1H3,(H,14,15). The van der Waals surface area contributed by atoms with Gasteiger partial charge in [-0.15, -0.1) is 5.10 Å². The molecule has 0 spiro atoms. The van der Waals surface area contributed by atoms with Crippen LogP contribution < -0.4 is 4.74 Å². The first kappa shape index (κ1) is 11.5. The molecule has 7 heteroatoms. The molecule has 1 aromatic carbocycles. The van der Waals surface area contributed by atoms with Crippen molar-refractivity contribution in [3.63, 3.8) is 0 Å². The summed E-state index contributed by atoms with van der Waals surface area (Å²) in [5, 5.41) is 17.1. The predicted octanol–water partition coefficient (Wildman–Crippen LogP) is 2.48. The third kappa shape index (κ3) is 2.39. The van der Waals surface area contributed by atoms with Gasteiger partial charge in [0.25, 0.3) is 5.19 Å². The Hall–Kier alpha value is -2.02. The van der Waals surface area contributed by atoms with Crippen LogP contribution in [0.2, 0.25) is 0 Å². The van der Waals surface area contributed by atoms with E-state index in [0.717, 1.165) is 17.4 Å². The molecule has 1 aromatic heterocycles. The number of aromatic nitrogens is 2. The first-order valence-corrected chi connectivity index (χ1v) is 5.39. The molecule has 0 saturated heterocycles. The molecule has 0 saturated carbocycles. The van der Waals surface area contributed by atoms with Gasteiger partial charge in [0.15, 0.2) is 0 Å². The van der Waals surface area contributed by atoms with Gasteiger partial charge in [-0.3, -0.25) is 0 Å². The Labute approximate surface area is 99.5 Å². The molecule has 0 atom stereocenters. The van der Waals surface area contributed by atoms with Gasteiger partial charge in [0.2, 0.25) is 0 Å². The molecule has 1 heterocycles. The highest BCUT2D eigenvalue weighted by atomic mass is 32.1. The van der Waals surface area contributed by atoms with Crippen molar-refractivity contribution in [3.8, 4) is 10.9 Å². The summed E-state index contributed by atoms with van der Waals surface area (Å²) in [6, 6.07) is 3.79. The quantitative estimate of drug-likeness (QED) is 0.910. The van der Waals surface area contributed by atoms with E-state index in [1.165, 1.54) is 12.1 Å². The summed E-state index contributed by atoms with van der Waals surface area (Å²) in [6.07, 6.45) is 0. The maximum Gasteiger partial charge on any atom is 0.342 e. The molecule has 2 aromatic rings. The van der Waals surface area contributed by atoms with E-state index in [4.69, 9.17) is 9.84 Å². The zero-order valence-corrected chi connectivity index (χ0v) is 9.49. The number of rotatable bonds is 3. The Bertz CT molecular complexity index is 570. The lowest BCUT2D eigenvalue weighted by Crippen LogP contribution is -2.03. The number of carboxylic acid groups (broad SMARTS) is 1.